The van der Waals surface area contributed by atoms with Crippen molar-refractivity contribution in [3.8, 4) is 10.8 Å². The third-order valence-corrected chi connectivity index (χ3v) is 4.52. The van der Waals surface area contributed by atoms with Gasteiger partial charge < -0.3 is 9.64 Å². The molecule has 0 radical (unpaired) electrons. The summed E-state index contributed by atoms with van der Waals surface area (Å²) >= 11 is 7.66. The van der Waals surface area contributed by atoms with Crippen molar-refractivity contribution in [1.82, 2.24) is 9.27 Å². The highest BCUT2D eigenvalue weighted by atomic mass is 35.5. The summed E-state index contributed by atoms with van der Waals surface area (Å²) in [7, 11) is 3.89. The maximum atomic E-state index is 6.37. The lowest BCUT2D eigenvalue weighted by molar-refractivity contribution is 0.492. The first-order chi connectivity index (χ1) is 10.8. The number of benzene rings is 1. The molecule has 0 atom stereocenters. The zero-order chi connectivity index (χ0) is 17.1. The monoisotopic (exact) mass is 351 g/mol. The molecule has 0 spiro atoms. The summed E-state index contributed by atoms with van der Waals surface area (Å²) in [5.74, 6) is 1.06. The lowest BCUT2D eigenvalue weighted by atomic mass is 10.1. The predicted octanol–water partition coefficient (Wildman–Crippen LogP) is 5.55. The number of aryl methyl sites for hydroxylation is 2. The zero-order valence-electron chi connectivity index (χ0n) is 14.3. The molecule has 0 saturated heterocycles. The molecule has 4 nitrogen and oxygen atoms in total. The van der Waals surface area contributed by atoms with Crippen molar-refractivity contribution in [3.05, 3.63) is 34.0 Å². The standard InChI is InChI=1S/C17H22ClN3OS/c1-10(2)16-15(18)17(23-20-16)22-14-8-11(3)13(7-12(14)4)19-9-21(5)6/h7-10H,1-6H3. The number of halogens is 1. The van der Waals surface area contributed by atoms with E-state index in [-0.39, 0.29) is 5.92 Å². The minimum atomic E-state index is 0.279. The van der Waals surface area contributed by atoms with E-state index >= 15 is 0 Å². The predicted molar refractivity (Wildman–Crippen MR) is 99.0 cm³/mol. The Morgan fingerprint density at radius 1 is 1.26 bits per heavy atom. The third kappa shape index (κ3) is 4.24. The van der Waals surface area contributed by atoms with Gasteiger partial charge in [-0.2, -0.15) is 4.37 Å². The quantitative estimate of drug-likeness (QED) is 0.523. The molecule has 0 aliphatic rings. The summed E-state index contributed by atoms with van der Waals surface area (Å²) in [4.78, 5) is 6.38. The zero-order valence-corrected chi connectivity index (χ0v) is 15.9. The van der Waals surface area contributed by atoms with Crippen LogP contribution in [0.15, 0.2) is 17.1 Å². The number of aliphatic imine (C=N–C) groups is 1. The van der Waals surface area contributed by atoms with Crippen LogP contribution in [0.3, 0.4) is 0 Å². The lowest BCUT2D eigenvalue weighted by Gasteiger charge is -2.11. The molecular formula is C17H22ClN3OS. The maximum absolute atomic E-state index is 6.37. The Kier molecular flexibility index (Phi) is 5.65. The summed E-state index contributed by atoms with van der Waals surface area (Å²) in [6.45, 7) is 8.15. The number of aromatic nitrogens is 1. The molecule has 1 aromatic carbocycles. The minimum Gasteiger partial charge on any atom is -0.443 e. The van der Waals surface area contributed by atoms with Gasteiger partial charge in [0.05, 0.1) is 17.7 Å². The maximum Gasteiger partial charge on any atom is 0.219 e. The van der Waals surface area contributed by atoms with Crippen LogP contribution in [0, 0.1) is 13.8 Å². The van der Waals surface area contributed by atoms with E-state index in [1.54, 1.807) is 6.34 Å². The second-order valence-corrected chi connectivity index (χ2v) is 7.15. The molecule has 6 heteroatoms. The van der Waals surface area contributed by atoms with E-state index in [0.717, 1.165) is 28.3 Å². The van der Waals surface area contributed by atoms with Crippen LogP contribution in [-0.2, 0) is 0 Å². The average molecular weight is 352 g/mol. The molecule has 0 unspecified atom stereocenters. The molecule has 0 saturated carbocycles. The SMILES string of the molecule is Cc1cc(Oc2snc(C(C)C)c2Cl)c(C)cc1N=CN(C)C. The van der Waals surface area contributed by atoms with Gasteiger partial charge in [0.15, 0.2) is 0 Å². The Morgan fingerprint density at radius 3 is 2.52 bits per heavy atom. The Hall–Kier alpha value is -1.59. The largest absolute Gasteiger partial charge is 0.443 e. The molecule has 0 N–H and O–H groups in total. The fourth-order valence-corrected chi connectivity index (χ4v) is 3.25. The van der Waals surface area contributed by atoms with E-state index < -0.39 is 0 Å². The van der Waals surface area contributed by atoms with Crippen LogP contribution in [0.2, 0.25) is 5.02 Å². The molecule has 124 valence electrons. The van der Waals surface area contributed by atoms with E-state index in [1.165, 1.54) is 11.5 Å². The Bertz CT molecular complexity index is 723. The highest BCUT2D eigenvalue weighted by Crippen LogP contribution is 2.40. The first-order valence-corrected chi connectivity index (χ1v) is 8.59. The molecule has 0 aliphatic heterocycles. The van der Waals surface area contributed by atoms with Crippen molar-refractivity contribution < 1.29 is 4.74 Å². The van der Waals surface area contributed by atoms with Crippen LogP contribution < -0.4 is 4.74 Å². The summed E-state index contributed by atoms with van der Waals surface area (Å²) < 4.78 is 10.4. The summed E-state index contributed by atoms with van der Waals surface area (Å²) in [6.07, 6.45) is 1.79. The normalized spacial score (nSPS) is 11.5. The molecule has 0 fully saturated rings. The van der Waals surface area contributed by atoms with Crippen LogP contribution in [-0.4, -0.2) is 29.7 Å². The van der Waals surface area contributed by atoms with Crippen molar-refractivity contribution in [2.45, 2.75) is 33.6 Å². The minimum absolute atomic E-state index is 0.279. The van der Waals surface area contributed by atoms with Gasteiger partial charge in [-0.25, -0.2) is 4.99 Å². The van der Waals surface area contributed by atoms with Crippen molar-refractivity contribution in [2.75, 3.05) is 14.1 Å². The van der Waals surface area contributed by atoms with Crippen molar-refractivity contribution in [3.63, 3.8) is 0 Å². The third-order valence-electron chi connectivity index (χ3n) is 3.30. The highest BCUT2D eigenvalue weighted by Gasteiger charge is 2.17. The van der Waals surface area contributed by atoms with Gasteiger partial charge in [0.2, 0.25) is 5.06 Å². The molecule has 0 amide bonds. The first kappa shape index (κ1) is 17.8. The van der Waals surface area contributed by atoms with Gasteiger partial charge >= 0.3 is 0 Å². The molecule has 23 heavy (non-hydrogen) atoms. The number of hydrogen-bond donors (Lipinski definition) is 0. The van der Waals surface area contributed by atoms with Crippen LogP contribution in [0.5, 0.6) is 10.8 Å². The van der Waals surface area contributed by atoms with E-state index in [2.05, 4.69) is 23.2 Å². The number of hydrogen-bond acceptors (Lipinski definition) is 4. The molecular weight excluding hydrogens is 330 g/mol. The average Bonchev–Trinajstić information content (AvgIpc) is 2.82. The van der Waals surface area contributed by atoms with Crippen molar-refractivity contribution in [1.29, 1.82) is 0 Å². The Labute approximate surface area is 146 Å². The molecule has 1 aromatic heterocycles. The second-order valence-electron chi connectivity index (χ2n) is 6.04. The Morgan fingerprint density at radius 2 is 1.96 bits per heavy atom. The smallest absolute Gasteiger partial charge is 0.219 e. The lowest BCUT2D eigenvalue weighted by Crippen LogP contribution is -2.07. The van der Waals surface area contributed by atoms with Gasteiger partial charge in [0.25, 0.3) is 0 Å². The van der Waals surface area contributed by atoms with Gasteiger partial charge in [-0.3, -0.25) is 0 Å². The van der Waals surface area contributed by atoms with E-state index in [4.69, 9.17) is 16.3 Å². The number of ether oxygens (including phenoxy) is 1. The molecule has 2 rings (SSSR count). The van der Waals surface area contributed by atoms with Gasteiger partial charge in [0.1, 0.15) is 10.8 Å². The van der Waals surface area contributed by atoms with Gasteiger partial charge in [-0.15, -0.1) is 0 Å². The first-order valence-electron chi connectivity index (χ1n) is 7.44. The topological polar surface area (TPSA) is 37.7 Å². The molecule has 1 heterocycles. The molecule has 2 aromatic rings. The number of nitrogens with zero attached hydrogens (tertiary/aromatic N) is 3. The van der Waals surface area contributed by atoms with E-state index in [1.807, 2.05) is 45.0 Å². The van der Waals surface area contributed by atoms with E-state index in [9.17, 15) is 0 Å². The van der Waals surface area contributed by atoms with Crippen LogP contribution in [0.4, 0.5) is 5.69 Å². The van der Waals surface area contributed by atoms with Crippen molar-refractivity contribution in [2.24, 2.45) is 4.99 Å². The molecule has 0 bridgehead atoms. The molecule has 0 aliphatic carbocycles. The van der Waals surface area contributed by atoms with Crippen LogP contribution in [0.1, 0.15) is 36.6 Å². The number of rotatable bonds is 5. The van der Waals surface area contributed by atoms with Gasteiger partial charge in [0, 0.05) is 25.6 Å². The highest BCUT2D eigenvalue weighted by molar-refractivity contribution is 7.08. The fourth-order valence-electron chi connectivity index (χ4n) is 2.00. The van der Waals surface area contributed by atoms with Gasteiger partial charge in [-0.05, 0) is 43.0 Å². The van der Waals surface area contributed by atoms with Gasteiger partial charge in [-0.1, -0.05) is 25.4 Å². The summed E-state index contributed by atoms with van der Waals surface area (Å²) in [6, 6.07) is 4.01. The van der Waals surface area contributed by atoms with E-state index in [0.29, 0.717) is 10.1 Å². The van der Waals surface area contributed by atoms with Crippen LogP contribution in [0.25, 0.3) is 0 Å². The Balaban J connectivity index is 2.29. The second kappa shape index (κ2) is 7.32. The fraction of sp³-hybridized carbons (Fsp3) is 0.412. The summed E-state index contributed by atoms with van der Waals surface area (Å²) in [5.41, 5.74) is 3.88. The van der Waals surface area contributed by atoms with Crippen molar-refractivity contribution >= 4 is 35.2 Å². The summed E-state index contributed by atoms with van der Waals surface area (Å²) in [5, 5.41) is 1.25. The van der Waals surface area contributed by atoms with Crippen LogP contribution >= 0.6 is 23.1 Å².